The first-order chi connectivity index (χ1) is 10.0. The summed E-state index contributed by atoms with van der Waals surface area (Å²) in [6.07, 6.45) is 1.46. The fraction of sp³-hybridized carbons (Fsp3) is 0.0769. The van der Waals surface area contributed by atoms with Crippen LogP contribution in [0.1, 0.15) is 15.9 Å². The second-order valence-corrected chi connectivity index (χ2v) is 5.11. The number of benzene rings is 1. The van der Waals surface area contributed by atoms with Crippen molar-refractivity contribution in [2.45, 2.75) is 6.42 Å². The zero-order valence-electron chi connectivity index (χ0n) is 10.5. The lowest BCUT2D eigenvalue weighted by Crippen LogP contribution is -2.13. The maximum Gasteiger partial charge on any atom is 0.256 e. The zero-order valence-corrected chi connectivity index (χ0v) is 12.0. The zero-order chi connectivity index (χ0) is 15.0. The first kappa shape index (κ1) is 13.8. The molecular weight excluding hydrogens is 315 g/mol. The van der Waals surface area contributed by atoms with Crippen LogP contribution in [0.3, 0.4) is 0 Å². The van der Waals surface area contributed by atoms with Crippen LogP contribution >= 0.6 is 23.2 Å². The Morgan fingerprint density at radius 2 is 2.10 bits per heavy atom. The van der Waals surface area contributed by atoms with Gasteiger partial charge in [0.05, 0.1) is 6.42 Å². The van der Waals surface area contributed by atoms with Crippen molar-refractivity contribution >= 4 is 46.5 Å². The summed E-state index contributed by atoms with van der Waals surface area (Å²) in [5, 5.41) is 5.39. The van der Waals surface area contributed by atoms with E-state index in [1.165, 1.54) is 6.33 Å². The van der Waals surface area contributed by atoms with E-state index in [0.717, 1.165) is 11.3 Å². The molecule has 1 aliphatic rings. The summed E-state index contributed by atoms with van der Waals surface area (Å²) in [4.78, 5) is 31.0. The lowest BCUT2D eigenvalue weighted by atomic mass is 10.1. The Bertz CT molecular complexity index is 764. The van der Waals surface area contributed by atoms with Crippen LogP contribution < -0.4 is 10.6 Å². The summed E-state index contributed by atoms with van der Waals surface area (Å²) in [5.74, 6) is -0.349. The van der Waals surface area contributed by atoms with Gasteiger partial charge in [-0.05, 0) is 23.8 Å². The maximum absolute atomic E-state index is 12.2. The summed E-state index contributed by atoms with van der Waals surface area (Å²) >= 11 is 11.7. The van der Waals surface area contributed by atoms with Gasteiger partial charge in [0.25, 0.3) is 5.91 Å². The molecule has 2 aromatic rings. The molecule has 8 heteroatoms. The predicted molar refractivity (Wildman–Crippen MR) is 78.8 cm³/mol. The van der Waals surface area contributed by atoms with Crippen molar-refractivity contribution in [1.82, 2.24) is 9.97 Å². The Hall–Kier alpha value is -2.18. The lowest BCUT2D eigenvalue weighted by Gasteiger charge is -2.07. The average Bonchev–Trinajstić information content (AvgIpc) is 2.82. The third kappa shape index (κ3) is 2.68. The first-order valence-electron chi connectivity index (χ1n) is 5.94. The number of carbonyl (C=O) groups excluding carboxylic acids is 2. The number of hydrogen-bond donors (Lipinski definition) is 2. The summed E-state index contributed by atoms with van der Waals surface area (Å²) in [5.41, 5.74) is 1.90. The fourth-order valence-corrected chi connectivity index (χ4v) is 2.26. The second kappa shape index (κ2) is 5.31. The normalized spacial score (nSPS) is 12.8. The number of anilines is 2. The minimum atomic E-state index is -0.395. The quantitative estimate of drug-likeness (QED) is 0.832. The van der Waals surface area contributed by atoms with Crippen LogP contribution in [0.2, 0.25) is 10.2 Å². The monoisotopic (exact) mass is 322 g/mol. The Balaban J connectivity index is 1.85. The third-order valence-corrected chi connectivity index (χ3v) is 3.71. The summed E-state index contributed by atoms with van der Waals surface area (Å²) in [7, 11) is 0. The molecule has 2 N–H and O–H groups in total. The van der Waals surface area contributed by atoms with Crippen LogP contribution in [0.4, 0.5) is 11.5 Å². The number of nitrogens with one attached hydrogen (secondary N) is 2. The van der Waals surface area contributed by atoms with Crippen molar-refractivity contribution in [3.8, 4) is 0 Å². The first-order valence-corrected chi connectivity index (χ1v) is 6.70. The van der Waals surface area contributed by atoms with Crippen molar-refractivity contribution in [2.24, 2.45) is 0 Å². The molecule has 1 aliphatic heterocycles. The van der Waals surface area contributed by atoms with Gasteiger partial charge < -0.3 is 10.6 Å². The van der Waals surface area contributed by atoms with Crippen LogP contribution in [-0.2, 0) is 11.2 Å². The molecule has 1 aromatic heterocycles. The highest BCUT2D eigenvalue weighted by Gasteiger charge is 2.20. The van der Waals surface area contributed by atoms with Crippen LogP contribution in [0.15, 0.2) is 24.5 Å². The summed E-state index contributed by atoms with van der Waals surface area (Å²) in [6, 6.07) is 4.94. The van der Waals surface area contributed by atoms with E-state index in [2.05, 4.69) is 20.6 Å². The maximum atomic E-state index is 12.2. The number of nitrogens with zero attached hydrogens (tertiary/aromatic N) is 2. The van der Waals surface area contributed by atoms with Gasteiger partial charge in [0, 0.05) is 11.3 Å². The van der Waals surface area contributed by atoms with Crippen LogP contribution in [0.25, 0.3) is 0 Å². The molecule has 106 valence electrons. The molecule has 1 aromatic carbocycles. The molecule has 0 unspecified atom stereocenters. The van der Waals surface area contributed by atoms with Crippen molar-refractivity contribution in [1.29, 1.82) is 0 Å². The molecule has 0 aliphatic carbocycles. The topological polar surface area (TPSA) is 84.0 Å². The van der Waals surface area contributed by atoms with Gasteiger partial charge in [-0.2, -0.15) is 0 Å². The Labute approximate surface area is 129 Å². The lowest BCUT2D eigenvalue weighted by molar-refractivity contribution is -0.115. The number of amides is 2. The molecule has 2 amide bonds. The highest BCUT2D eigenvalue weighted by molar-refractivity contribution is 6.43. The van der Waals surface area contributed by atoms with Gasteiger partial charge in [0.1, 0.15) is 11.3 Å². The Morgan fingerprint density at radius 1 is 1.29 bits per heavy atom. The largest absolute Gasteiger partial charge is 0.326 e. The van der Waals surface area contributed by atoms with E-state index in [0.29, 0.717) is 5.56 Å². The van der Waals surface area contributed by atoms with E-state index in [-0.39, 0.29) is 28.3 Å². The molecular formula is C13H8Cl2N4O2. The number of aromatic nitrogens is 2. The average molecular weight is 323 g/mol. The van der Waals surface area contributed by atoms with Gasteiger partial charge in [-0.3, -0.25) is 9.59 Å². The molecule has 0 saturated carbocycles. The minimum absolute atomic E-state index is 0.0608. The molecule has 0 atom stereocenters. The van der Waals surface area contributed by atoms with E-state index >= 15 is 0 Å². The van der Waals surface area contributed by atoms with Gasteiger partial charge >= 0.3 is 0 Å². The predicted octanol–water partition coefficient (Wildman–Crippen LogP) is 2.53. The van der Waals surface area contributed by atoms with Gasteiger partial charge in [-0.25, -0.2) is 9.97 Å². The number of fused-ring (bicyclic) bond motifs is 1. The molecule has 0 spiro atoms. The number of hydrogen-bond acceptors (Lipinski definition) is 4. The SMILES string of the molecule is O=C1Cc2cc(C(=O)Nc3ncnc(Cl)c3Cl)ccc2N1. The van der Waals surface area contributed by atoms with E-state index in [4.69, 9.17) is 23.2 Å². The van der Waals surface area contributed by atoms with Crippen molar-refractivity contribution in [3.05, 3.63) is 45.8 Å². The fourth-order valence-electron chi connectivity index (χ4n) is 1.99. The number of rotatable bonds is 2. The van der Waals surface area contributed by atoms with Crippen LogP contribution in [0.5, 0.6) is 0 Å². The molecule has 6 nitrogen and oxygen atoms in total. The number of carbonyl (C=O) groups is 2. The summed E-state index contributed by atoms with van der Waals surface area (Å²) < 4.78 is 0. The van der Waals surface area contributed by atoms with Gasteiger partial charge in [0.2, 0.25) is 5.91 Å². The number of halogens is 2. The van der Waals surface area contributed by atoms with E-state index < -0.39 is 5.91 Å². The highest BCUT2D eigenvalue weighted by atomic mass is 35.5. The minimum Gasteiger partial charge on any atom is -0.326 e. The van der Waals surface area contributed by atoms with Gasteiger partial charge in [0.15, 0.2) is 11.0 Å². The molecule has 0 saturated heterocycles. The molecule has 0 bridgehead atoms. The smallest absolute Gasteiger partial charge is 0.256 e. The van der Waals surface area contributed by atoms with Gasteiger partial charge in [-0.1, -0.05) is 23.2 Å². The van der Waals surface area contributed by atoms with Crippen LogP contribution in [0, 0.1) is 0 Å². The molecule has 3 rings (SSSR count). The molecule has 21 heavy (non-hydrogen) atoms. The second-order valence-electron chi connectivity index (χ2n) is 4.38. The third-order valence-electron chi connectivity index (χ3n) is 2.97. The van der Waals surface area contributed by atoms with Crippen molar-refractivity contribution < 1.29 is 9.59 Å². The summed E-state index contributed by atoms with van der Waals surface area (Å²) in [6.45, 7) is 0. The molecule has 0 radical (unpaired) electrons. The Kier molecular flexibility index (Phi) is 3.48. The van der Waals surface area contributed by atoms with E-state index in [9.17, 15) is 9.59 Å². The van der Waals surface area contributed by atoms with E-state index in [1.807, 2.05) is 0 Å². The van der Waals surface area contributed by atoms with Crippen molar-refractivity contribution in [2.75, 3.05) is 10.6 Å². The highest BCUT2D eigenvalue weighted by Crippen LogP contribution is 2.27. The van der Waals surface area contributed by atoms with Crippen molar-refractivity contribution in [3.63, 3.8) is 0 Å². The van der Waals surface area contributed by atoms with Crippen LogP contribution in [-0.4, -0.2) is 21.8 Å². The van der Waals surface area contributed by atoms with Gasteiger partial charge in [-0.15, -0.1) is 0 Å². The molecule has 0 fully saturated rings. The Morgan fingerprint density at radius 3 is 2.90 bits per heavy atom. The molecule has 2 heterocycles. The van der Waals surface area contributed by atoms with E-state index in [1.54, 1.807) is 18.2 Å². The standard InChI is InChI=1S/C13H8Cl2N4O2/c14-10-11(15)16-5-17-12(10)19-13(21)6-1-2-8-7(3-6)4-9(20)18-8/h1-3,5H,4H2,(H,18,20)(H,16,17,19,21).